The lowest BCUT2D eigenvalue weighted by atomic mass is 10.1. The molecule has 0 aliphatic heterocycles. The molecule has 0 saturated heterocycles. The summed E-state index contributed by atoms with van der Waals surface area (Å²) in [6.45, 7) is 4.17. The summed E-state index contributed by atoms with van der Waals surface area (Å²) in [4.78, 5) is 0. The van der Waals surface area contributed by atoms with Crippen LogP contribution in [0, 0.1) is 5.82 Å². The Kier molecular flexibility index (Phi) is 4.04. The average Bonchev–Trinajstić information content (AvgIpc) is 2.14. The van der Waals surface area contributed by atoms with Gasteiger partial charge in [0.05, 0.1) is 6.10 Å². The van der Waals surface area contributed by atoms with E-state index in [1.807, 2.05) is 13.0 Å². The van der Waals surface area contributed by atoms with Crippen molar-refractivity contribution >= 4 is 0 Å². The second kappa shape index (κ2) is 5.08. The molecule has 2 nitrogen and oxygen atoms in total. The van der Waals surface area contributed by atoms with Crippen LogP contribution in [0.1, 0.15) is 25.5 Å². The van der Waals surface area contributed by atoms with E-state index in [2.05, 4.69) is 5.32 Å². The van der Waals surface area contributed by atoms with Crippen LogP contribution in [0.25, 0.3) is 0 Å². The van der Waals surface area contributed by atoms with Crippen LogP contribution in [0.4, 0.5) is 4.39 Å². The Morgan fingerprint density at radius 2 is 2.14 bits per heavy atom. The predicted molar refractivity (Wildman–Crippen MR) is 54.5 cm³/mol. The summed E-state index contributed by atoms with van der Waals surface area (Å²) in [7, 11) is 0. The van der Waals surface area contributed by atoms with Gasteiger partial charge in [-0.25, -0.2) is 4.39 Å². The van der Waals surface area contributed by atoms with Crippen molar-refractivity contribution in [2.75, 3.05) is 6.54 Å². The average molecular weight is 197 g/mol. The standard InChI is InChI=1S/C11H16FNO/c1-8(14)7-13-9(2)10-4-3-5-11(12)6-10/h3-6,8-9,13-14H,7H2,1-2H3/t8-,9?/m1/s1. The topological polar surface area (TPSA) is 32.3 Å². The van der Waals surface area contributed by atoms with Crippen LogP contribution < -0.4 is 5.32 Å². The minimum atomic E-state index is -0.383. The second-order valence-electron chi connectivity index (χ2n) is 3.53. The van der Waals surface area contributed by atoms with Crippen molar-refractivity contribution < 1.29 is 9.50 Å². The molecule has 0 spiro atoms. The zero-order chi connectivity index (χ0) is 10.6. The normalized spacial score (nSPS) is 15.1. The first-order chi connectivity index (χ1) is 6.59. The van der Waals surface area contributed by atoms with Gasteiger partial charge in [0.1, 0.15) is 5.82 Å². The molecular formula is C11H16FNO. The van der Waals surface area contributed by atoms with Crippen molar-refractivity contribution in [3.05, 3.63) is 35.6 Å². The maximum Gasteiger partial charge on any atom is 0.123 e. The van der Waals surface area contributed by atoms with Gasteiger partial charge in [0.15, 0.2) is 0 Å². The van der Waals surface area contributed by atoms with Gasteiger partial charge in [-0.2, -0.15) is 0 Å². The summed E-state index contributed by atoms with van der Waals surface area (Å²) in [6, 6.07) is 6.53. The molecule has 78 valence electrons. The SMILES string of the molecule is CC(NC[C@@H](C)O)c1cccc(F)c1. The first-order valence-electron chi connectivity index (χ1n) is 4.76. The number of aliphatic hydroxyl groups excluding tert-OH is 1. The maximum atomic E-state index is 12.8. The van der Waals surface area contributed by atoms with E-state index in [0.29, 0.717) is 6.54 Å². The smallest absolute Gasteiger partial charge is 0.123 e. The number of nitrogens with one attached hydrogen (secondary N) is 1. The molecule has 2 N–H and O–H groups in total. The first-order valence-corrected chi connectivity index (χ1v) is 4.76. The molecule has 1 aromatic carbocycles. The summed E-state index contributed by atoms with van der Waals surface area (Å²) in [5, 5.41) is 12.2. The number of aliphatic hydroxyl groups is 1. The molecule has 0 radical (unpaired) electrons. The van der Waals surface area contributed by atoms with Crippen LogP contribution in [0.15, 0.2) is 24.3 Å². The zero-order valence-electron chi connectivity index (χ0n) is 8.50. The Labute approximate surface area is 83.8 Å². The van der Waals surface area contributed by atoms with E-state index < -0.39 is 0 Å². The fourth-order valence-electron chi connectivity index (χ4n) is 1.24. The number of hydrogen-bond acceptors (Lipinski definition) is 2. The van der Waals surface area contributed by atoms with Gasteiger partial charge in [0.2, 0.25) is 0 Å². The van der Waals surface area contributed by atoms with Gasteiger partial charge in [0, 0.05) is 12.6 Å². The van der Waals surface area contributed by atoms with E-state index in [9.17, 15) is 4.39 Å². The Morgan fingerprint density at radius 1 is 1.43 bits per heavy atom. The number of benzene rings is 1. The molecule has 0 saturated carbocycles. The van der Waals surface area contributed by atoms with E-state index in [1.165, 1.54) is 12.1 Å². The van der Waals surface area contributed by atoms with Gasteiger partial charge >= 0.3 is 0 Å². The predicted octanol–water partition coefficient (Wildman–Crippen LogP) is 1.86. The lowest BCUT2D eigenvalue weighted by Gasteiger charge is -2.15. The molecule has 0 aromatic heterocycles. The summed E-state index contributed by atoms with van der Waals surface area (Å²) in [6.07, 6.45) is -0.383. The summed E-state index contributed by atoms with van der Waals surface area (Å²) >= 11 is 0. The van der Waals surface area contributed by atoms with Gasteiger partial charge in [0.25, 0.3) is 0 Å². The van der Waals surface area contributed by atoms with Crippen molar-refractivity contribution in [3.63, 3.8) is 0 Å². The van der Waals surface area contributed by atoms with Gasteiger partial charge < -0.3 is 10.4 Å². The Hall–Kier alpha value is -0.930. The molecule has 1 unspecified atom stereocenters. The van der Waals surface area contributed by atoms with Crippen molar-refractivity contribution in [2.45, 2.75) is 26.0 Å². The van der Waals surface area contributed by atoms with Crippen LogP contribution in [0.3, 0.4) is 0 Å². The number of rotatable bonds is 4. The number of hydrogen-bond donors (Lipinski definition) is 2. The molecule has 0 fully saturated rings. The first kappa shape index (κ1) is 11.1. The quantitative estimate of drug-likeness (QED) is 0.772. The van der Waals surface area contributed by atoms with Gasteiger partial charge in [-0.3, -0.25) is 0 Å². The highest BCUT2D eigenvalue weighted by atomic mass is 19.1. The molecule has 0 aliphatic rings. The molecule has 1 aromatic rings. The second-order valence-corrected chi connectivity index (χ2v) is 3.53. The minimum Gasteiger partial charge on any atom is -0.392 e. The molecule has 2 atom stereocenters. The fourth-order valence-corrected chi connectivity index (χ4v) is 1.24. The molecular weight excluding hydrogens is 181 g/mol. The molecule has 0 aliphatic carbocycles. The van der Waals surface area contributed by atoms with Crippen molar-refractivity contribution in [1.82, 2.24) is 5.32 Å². The van der Waals surface area contributed by atoms with Crippen LogP contribution in [-0.4, -0.2) is 17.8 Å². The van der Waals surface area contributed by atoms with Crippen molar-refractivity contribution in [3.8, 4) is 0 Å². The van der Waals surface area contributed by atoms with E-state index in [1.54, 1.807) is 13.0 Å². The molecule has 3 heteroatoms. The van der Waals surface area contributed by atoms with E-state index >= 15 is 0 Å². The summed E-state index contributed by atoms with van der Waals surface area (Å²) in [5.74, 6) is -0.229. The lowest BCUT2D eigenvalue weighted by Crippen LogP contribution is -2.27. The largest absolute Gasteiger partial charge is 0.392 e. The van der Waals surface area contributed by atoms with Crippen molar-refractivity contribution in [1.29, 1.82) is 0 Å². The highest BCUT2D eigenvalue weighted by molar-refractivity contribution is 5.19. The number of halogens is 1. The molecule has 0 amide bonds. The third-order valence-corrected chi connectivity index (χ3v) is 2.07. The van der Waals surface area contributed by atoms with Crippen LogP contribution in [-0.2, 0) is 0 Å². The van der Waals surface area contributed by atoms with Gasteiger partial charge in [-0.15, -0.1) is 0 Å². The zero-order valence-corrected chi connectivity index (χ0v) is 8.50. The maximum absolute atomic E-state index is 12.8. The van der Waals surface area contributed by atoms with Gasteiger partial charge in [-0.1, -0.05) is 12.1 Å². The minimum absolute atomic E-state index is 0.0558. The molecule has 1 rings (SSSR count). The highest BCUT2D eigenvalue weighted by Crippen LogP contribution is 2.12. The summed E-state index contributed by atoms with van der Waals surface area (Å²) in [5.41, 5.74) is 0.894. The monoisotopic (exact) mass is 197 g/mol. The van der Waals surface area contributed by atoms with Crippen molar-refractivity contribution in [2.24, 2.45) is 0 Å². The van der Waals surface area contributed by atoms with E-state index in [-0.39, 0.29) is 18.0 Å². The third kappa shape index (κ3) is 3.44. The Balaban J connectivity index is 2.56. The molecule has 0 bridgehead atoms. The van der Waals surface area contributed by atoms with E-state index in [0.717, 1.165) is 5.56 Å². The fraction of sp³-hybridized carbons (Fsp3) is 0.455. The Bertz CT molecular complexity index is 288. The van der Waals surface area contributed by atoms with Crippen LogP contribution in [0.5, 0.6) is 0 Å². The molecule has 0 heterocycles. The highest BCUT2D eigenvalue weighted by Gasteiger charge is 2.06. The Morgan fingerprint density at radius 3 is 2.71 bits per heavy atom. The molecule has 14 heavy (non-hydrogen) atoms. The van der Waals surface area contributed by atoms with Crippen LogP contribution >= 0.6 is 0 Å². The van der Waals surface area contributed by atoms with Crippen LogP contribution in [0.2, 0.25) is 0 Å². The summed E-state index contributed by atoms with van der Waals surface area (Å²) < 4.78 is 12.8. The third-order valence-electron chi connectivity index (χ3n) is 2.07. The van der Waals surface area contributed by atoms with Gasteiger partial charge in [-0.05, 0) is 31.5 Å². The lowest BCUT2D eigenvalue weighted by molar-refractivity contribution is 0.187. The van der Waals surface area contributed by atoms with E-state index in [4.69, 9.17) is 5.11 Å².